The van der Waals surface area contributed by atoms with Gasteiger partial charge in [0.15, 0.2) is 10.8 Å². The van der Waals surface area contributed by atoms with E-state index in [4.69, 9.17) is 10.7 Å². The minimum absolute atomic E-state index is 0.681. The van der Waals surface area contributed by atoms with E-state index in [1.807, 2.05) is 0 Å². The number of fused-ring (bicyclic) bond motifs is 1. The molecule has 4 nitrogen and oxygen atoms in total. The van der Waals surface area contributed by atoms with Crippen molar-refractivity contribution < 1.29 is 0 Å². The van der Waals surface area contributed by atoms with Crippen LogP contribution < -0.4 is 10.6 Å². The molecule has 0 unspecified atom stereocenters. The predicted octanol–water partition coefficient (Wildman–Crippen LogP) is 2.13. The van der Waals surface area contributed by atoms with Crippen molar-refractivity contribution in [2.45, 2.75) is 26.2 Å². The highest BCUT2D eigenvalue weighted by Gasteiger charge is 2.22. The van der Waals surface area contributed by atoms with Crippen molar-refractivity contribution in [1.29, 1.82) is 0 Å². The average Bonchev–Trinajstić information content (AvgIpc) is 2.93. The third kappa shape index (κ3) is 2.01. The van der Waals surface area contributed by atoms with Gasteiger partial charge in [0, 0.05) is 31.1 Å². The standard InChI is InChI=1S/C13H20N4S/c1-10-3-6-16(7-4-10)12-11(2-5-14)17-8-9-18-13(17)15-12/h8-10H,2-7,14H2,1H3. The van der Waals surface area contributed by atoms with E-state index >= 15 is 0 Å². The zero-order chi connectivity index (χ0) is 12.5. The molecule has 2 aromatic rings. The van der Waals surface area contributed by atoms with Crippen LogP contribution in [0, 0.1) is 5.92 Å². The molecule has 3 heterocycles. The quantitative estimate of drug-likeness (QED) is 0.924. The molecule has 2 aromatic heterocycles. The van der Waals surface area contributed by atoms with Gasteiger partial charge in [-0.2, -0.15) is 0 Å². The van der Waals surface area contributed by atoms with Crippen LogP contribution in [0.3, 0.4) is 0 Å². The van der Waals surface area contributed by atoms with E-state index in [9.17, 15) is 0 Å². The Balaban J connectivity index is 1.94. The monoisotopic (exact) mass is 264 g/mol. The number of anilines is 1. The summed E-state index contributed by atoms with van der Waals surface area (Å²) >= 11 is 1.70. The Bertz CT molecular complexity index is 522. The molecular weight excluding hydrogens is 244 g/mol. The van der Waals surface area contributed by atoms with E-state index in [-0.39, 0.29) is 0 Å². The van der Waals surface area contributed by atoms with Gasteiger partial charge in [0.25, 0.3) is 0 Å². The van der Waals surface area contributed by atoms with Crippen LogP contribution in [0.2, 0.25) is 0 Å². The normalized spacial score (nSPS) is 17.8. The number of hydrogen-bond acceptors (Lipinski definition) is 4. The van der Waals surface area contributed by atoms with Crippen LogP contribution >= 0.6 is 11.3 Å². The highest BCUT2D eigenvalue weighted by molar-refractivity contribution is 7.15. The highest BCUT2D eigenvalue weighted by Crippen LogP contribution is 2.28. The first-order valence-electron chi connectivity index (χ1n) is 6.69. The van der Waals surface area contributed by atoms with Gasteiger partial charge in [-0.15, -0.1) is 11.3 Å². The Kier molecular flexibility index (Phi) is 3.26. The summed E-state index contributed by atoms with van der Waals surface area (Å²) < 4.78 is 2.20. The van der Waals surface area contributed by atoms with E-state index in [0.29, 0.717) is 6.54 Å². The Hall–Kier alpha value is -1.07. The minimum atomic E-state index is 0.681. The summed E-state index contributed by atoms with van der Waals surface area (Å²) in [5.41, 5.74) is 7.02. The minimum Gasteiger partial charge on any atom is -0.355 e. The fraction of sp³-hybridized carbons (Fsp3) is 0.615. The van der Waals surface area contributed by atoms with E-state index in [0.717, 1.165) is 30.4 Å². The van der Waals surface area contributed by atoms with Crippen LogP contribution in [-0.4, -0.2) is 29.0 Å². The maximum Gasteiger partial charge on any atom is 0.195 e. The van der Waals surface area contributed by atoms with Gasteiger partial charge in [0.2, 0.25) is 0 Å². The van der Waals surface area contributed by atoms with Gasteiger partial charge >= 0.3 is 0 Å². The molecule has 0 bridgehead atoms. The number of piperidine rings is 1. The summed E-state index contributed by atoms with van der Waals surface area (Å²) in [4.78, 5) is 8.32. The molecule has 0 atom stereocenters. The third-order valence-corrected chi connectivity index (χ3v) is 4.56. The molecular formula is C13H20N4S. The molecule has 1 aliphatic rings. The second kappa shape index (κ2) is 4.90. The largest absolute Gasteiger partial charge is 0.355 e. The summed E-state index contributed by atoms with van der Waals surface area (Å²) in [6.07, 6.45) is 5.55. The first-order valence-corrected chi connectivity index (χ1v) is 7.57. The van der Waals surface area contributed by atoms with Crippen LogP contribution in [0.1, 0.15) is 25.5 Å². The van der Waals surface area contributed by atoms with Gasteiger partial charge in [-0.1, -0.05) is 6.92 Å². The van der Waals surface area contributed by atoms with E-state index in [1.165, 1.54) is 24.4 Å². The highest BCUT2D eigenvalue weighted by atomic mass is 32.1. The molecule has 1 aliphatic heterocycles. The molecule has 1 fully saturated rings. The van der Waals surface area contributed by atoms with E-state index in [2.05, 4.69) is 27.8 Å². The second-order valence-electron chi connectivity index (χ2n) is 5.15. The topological polar surface area (TPSA) is 46.6 Å². The molecule has 3 rings (SSSR count). The third-order valence-electron chi connectivity index (χ3n) is 3.80. The van der Waals surface area contributed by atoms with Gasteiger partial charge in [0.1, 0.15) is 0 Å². The van der Waals surface area contributed by atoms with Crippen molar-refractivity contribution in [3.05, 3.63) is 17.3 Å². The Morgan fingerprint density at radius 2 is 2.22 bits per heavy atom. The molecule has 98 valence electrons. The summed E-state index contributed by atoms with van der Waals surface area (Å²) in [6.45, 7) is 5.28. The molecule has 0 radical (unpaired) electrons. The van der Waals surface area contributed by atoms with Crippen LogP contribution in [0.25, 0.3) is 4.96 Å². The number of hydrogen-bond donors (Lipinski definition) is 1. The molecule has 0 saturated carbocycles. The molecule has 18 heavy (non-hydrogen) atoms. The van der Waals surface area contributed by atoms with Gasteiger partial charge in [-0.05, 0) is 25.3 Å². The van der Waals surface area contributed by atoms with Crippen LogP contribution in [-0.2, 0) is 6.42 Å². The summed E-state index contributed by atoms with van der Waals surface area (Å²) in [7, 11) is 0. The molecule has 0 amide bonds. The first kappa shape index (κ1) is 12.0. The lowest BCUT2D eigenvalue weighted by molar-refractivity contribution is 0.436. The predicted molar refractivity (Wildman–Crippen MR) is 76.4 cm³/mol. The van der Waals surface area contributed by atoms with Crippen molar-refractivity contribution in [3.63, 3.8) is 0 Å². The van der Waals surface area contributed by atoms with Crippen molar-refractivity contribution in [3.8, 4) is 0 Å². The Morgan fingerprint density at radius 1 is 1.44 bits per heavy atom. The molecule has 5 heteroatoms. The maximum atomic E-state index is 5.74. The number of imidazole rings is 1. The van der Waals surface area contributed by atoms with Crippen molar-refractivity contribution >= 4 is 22.1 Å². The van der Waals surface area contributed by atoms with Crippen molar-refractivity contribution in [2.24, 2.45) is 11.7 Å². The van der Waals surface area contributed by atoms with Gasteiger partial charge in [-0.3, -0.25) is 4.40 Å². The van der Waals surface area contributed by atoms with Gasteiger partial charge in [-0.25, -0.2) is 4.98 Å². The lowest BCUT2D eigenvalue weighted by Crippen LogP contribution is -2.33. The number of nitrogens with two attached hydrogens (primary N) is 1. The molecule has 0 aliphatic carbocycles. The smallest absolute Gasteiger partial charge is 0.195 e. The van der Waals surface area contributed by atoms with Crippen LogP contribution in [0.4, 0.5) is 5.82 Å². The summed E-state index contributed by atoms with van der Waals surface area (Å²) in [5.74, 6) is 2.02. The SMILES string of the molecule is CC1CCN(c2nc3sccn3c2CCN)CC1. The number of nitrogens with zero attached hydrogens (tertiary/aromatic N) is 3. The lowest BCUT2D eigenvalue weighted by atomic mass is 9.99. The summed E-state index contributed by atoms with van der Waals surface area (Å²) in [6, 6.07) is 0. The lowest BCUT2D eigenvalue weighted by Gasteiger charge is -2.31. The van der Waals surface area contributed by atoms with Gasteiger partial charge < -0.3 is 10.6 Å². The van der Waals surface area contributed by atoms with Crippen molar-refractivity contribution in [1.82, 2.24) is 9.38 Å². The zero-order valence-electron chi connectivity index (χ0n) is 10.8. The molecule has 0 spiro atoms. The summed E-state index contributed by atoms with van der Waals surface area (Å²) in [5, 5.41) is 2.09. The van der Waals surface area contributed by atoms with Crippen LogP contribution in [0.15, 0.2) is 11.6 Å². The first-order chi connectivity index (χ1) is 8.79. The fourth-order valence-electron chi connectivity index (χ4n) is 2.66. The Labute approximate surface area is 111 Å². The zero-order valence-corrected chi connectivity index (χ0v) is 11.6. The number of rotatable bonds is 3. The number of aromatic nitrogens is 2. The Morgan fingerprint density at radius 3 is 2.94 bits per heavy atom. The van der Waals surface area contributed by atoms with E-state index in [1.54, 1.807) is 11.3 Å². The molecule has 0 aromatic carbocycles. The fourth-order valence-corrected chi connectivity index (χ4v) is 3.39. The molecule has 1 saturated heterocycles. The maximum absolute atomic E-state index is 5.74. The average molecular weight is 264 g/mol. The number of thiazole rings is 1. The molecule has 2 N–H and O–H groups in total. The van der Waals surface area contributed by atoms with Crippen molar-refractivity contribution in [2.75, 3.05) is 24.5 Å². The van der Waals surface area contributed by atoms with Gasteiger partial charge in [0.05, 0.1) is 5.69 Å². The van der Waals surface area contributed by atoms with E-state index < -0.39 is 0 Å². The van der Waals surface area contributed by atoms with Crippen LogP contribution in [0.5, 0.6) is 0 Å². The second-order valence-corrected chi connectivity index (χ2v) is 6.02.